The van der Waals surface area contributed by atoms with Crippen LogP contribution in [0.2, 0.25) is 0 Å². The predicted octanol–water partition coefficient (Wildman–Crippen LogP) is 2.13. The molecular weight excluding hydrogens is 112 g/mol. The Kier molecular flexibility index (Phi) is 2.29. The summed E-state index contributed by atoms with van der Waals surface area (Å²) in [5.41, 5.74) is 1.48. The number of methoxy groups -OCH3 is 1. The highest BCUT2D eigenvalue weighted by atomic mass is 16.5. The van der Waals surface area contributed by atoms with Crippen LogP contribution in [-0.4, -0.2) is 13.2 Å². The quantitative estimate of drug-likeness (QED) is 0.489. The molecule has 1 rings (SSSR count). The Balaban J connectivity index is 2.47. The monoisotopic (exact) mass is 126 g/mol. The molecule has 0 aromatic rings. The van der Waals surface area contributed by atoms with Crippen LogP contribution < -0.4 is 0 Å². The molecular formula is C8H14O. The van der Waals surface area contributed by atoms with Crippen LogP contribution in [0.4, 0.5) is 0 Å². The van der Waals surface area contributed by atoms with Crippen molar-refractivity contribution in [3.63, 3.8) is 0 Å². The molecule has 0 heterocycles. The molecule has 0 spiro atoms. The largest absolute Gasteiger partial charge is 0.377 e. The van der Waals surface area contributed by atoms with Crippen LogP contribution in [0, 0.1) is 0 Å². The summed E-state index contributed by atoms with van der Waals surface area (Å²) in [7, 11) is 1.78. The van der Waals surface area contributed by atoms with Gasteiger partial charge >= 0.3 is 0 Å². The second-order valence-electron chi connectivity index (χ2n) is 2.68. The van der Waals surface area contributed by atoms with Crippen molar-refractivity contribution in [3.05, 3.63) is 11.6 Å². The summed E-state index contributed by atoms with van der Waals surface area (Å²) in [6.45, 7) is 2.17. The molecule has 0 bridgehead atoms. The number of ether oxygens (including phenoxy) is 1. The van der Waals surface area contributed by atoms with Crippen LogP contribution in [0.15, 0.2) is 11.6 Å². The zero-order valence-corrected chi connectivity index (χ0v) is 6.18. The standard InChI is InChI=1S/C8H14O/c1-7-4-3-5-8(6-7)9-2/h6,8H,3-5H2,1-2H3. The summed E-state index contributed by atoms with van der Waals surface area (Å²) < 4.78 is 5.19. The van der Waals surface area contributed by atoms with E-state index >= 15 is 0 Å². The van der Waals surface area contributed by atoms with Crippen LogP contribution >= 0.6 is 0 Å². The minimum absolute atomic E-state index is 0.402. The van der Waals surface area contributed by atoms with Crippen molar-refractivity contribution in [2.45, 2.75) is 32.3 Å². The van der Waals surface area contributed by atoms with Crippen molar-refractivity contribution in [1.29, 1.82) is 0 Å². The minimum Gasteiger partial charge on any atom is -0.377 e. The normalized spacial score (nSPS) is 27.8. The van der Waals surface area contributed by atoms with E-state index in [4.69, 9.17) is 4.74 Å². The molecule has 1 atom stereocenters. The summed E-state index contributed by atoms with van der Waals surface area (Å²) in [6, 6.07) is 0. The van der Waals surface area contributed by atoms with Gasteiger partial charge in [-0.25, -0.2) is 0 Å². The maximum Gasteiger partial charge on any atom is 0.0754 e. The minimum atomic E-state index is 0.402. The summed E-state index contributed by atoms with van der Waals surface area (Å²) in [5.74, 6) is 0. The van der Waals surface area contributed by atoms with E-state index in [0.29, 0.717) is 6.10 Å². The molecule has 1 aliphatic rings. The van der Waals surface area contributed by atoms with Gasteiger partial charge in [-0.2, -0.15) is 0 Å². The second kappa shape index (κ2) is 3.02. The van der Waals surface area contributed by atoms with Crippen molar-refractivity contribution < 1.29 is 4.74 Å². The van der Waals surface area contributed by atoms with Crippen molar-refractivity contribution >= 4 is 0 Å². The van der Waals surface area contributed by atoms with Crippen LogP contribution in [0.5, 0.6) is 0 Å². The van der Waals surface area contributed by atoms with Crippen LogP contribution in [0.1, 0.15) is 26.2 Å². The van der Waals surface area contributed by atoms with Crippen molar-refractivity contribution in [1.82, 2.24) is 0 Å². The lowest BCUT2D eigenvalue weighted by Gasteiger charge is -2.17. The molecule has 0 fully saturated rings. The van der Waals surface area contributed by atoms with Gasteiger partial charge in [-0.05, 0) is 26.2 Å². The highest BCUT2D eigenvalue weighted by Crippen LogP contribution is 2.18. The molecule has 0 saturated heterocycles. The molecule has 0 aromatic heterocycles. The van der Waals surface area contributed by atoms with Gasteiger partial charge in [-0.3, -0.25) is 0 Å². The van der Waals surface area contributed by atoms with Crippen LogP contribution in [-0.2, 0) is 4.74 Å². The molecule has 1 heteroatoms. The second-order valence-corrected chi connectivity index (χ2v) is 2.68. The number of allylic oxidation sites excluding steroid dienone is 1. The lowest BCUT2D eigenvalue weighted by atomic mass is 9.99. The highest BCUT2D eigenvalue weighted by molar-refractivity contribution is 5.05. The summed E-state index contributed by atoms with van der Waals surface area (Å²) in [5, 5.41) is 0. The number of hydrogen-bond acceptors (Lipinski definition) is 1. The van der Waals surface area contributed by atoms with Gasteiger partial charge in [0.1, 0.15) is 0 Å². The van der Waals surface area contributed by atoms with Crippen LogP contribution in [0.25, 0.3) is 0 Å². The molecule has 0 radical (unpaired) electrons. The highest BCUT2D eigenvalue weighted by Gasteiger charge is 2.08. The fourth-order valence-electron chi connectivity index (χ4n) is 1.25. The van der Waals surface area contributed by atoms with Gasteiger partial charge in [-0.1, -0.05) is 11.6 Å². The van der Waals surface area contributed by atoms with Gasteiger partial charge in [0.2, 0.25) is 0 Å². The van der Waals surface area contributed by atoms with E-state index in [1.165, 1.54) is 24.8 Å². The lowest BCUT2D eigenvalue weighted by molar-refractivity contribution is 0.126. The Hall–Kier alpha value is -0.300. The molecule has 1 unspecified atom stereocenters. The van der Waals surface area contributed by atoms with Crippen molar-refractivity contribution in [2.75, 3.05) is 7.11 Å². The SMILES string of the molecule is COC1C=C(C)CCC1. The average molecular weight is 126 g/mol. The molecule has 0 amide bonds. The Bertz CT molecular complexity index is 116. The zero-order valence-electron chi connectivity index (χ0n) is 6.18. The maximum atomic E-state index is 5.19. The molecule has 0 aliphatic heterocycles. The molecule has 0 saturated carbocycles. The van der Waals surface area contributed by atoms with Crippen molar-refractivity contribution in [3.8, 4) is 0 Å². The fourth-order valence-corrected chi connectivity index (χ4v) is 1.25. The molecule has 0 aromatic carbocycles. The van der Waals surface area contributed by atoms with E-state index < -0.39 is 0 Å². The summed E-state index contributed by atoms with van der Waals surface area (Å²) in [4.78, 5) is 0. The first-order valence-corrected chi connectivity index (χ1v) is 3.53. The van der Waals surface area contributed by atoms with E-state index in [-0.39, 0.29) is 0 Å². The molecule has 52 valence electrons. The van der Waals surface area contributed by atoms with Gasteiger partial charge in [0.25, 0.3) is 0 Å². The third-order valence-electron chi connectivity index (χ3n) is 1.83. The van der Waals surface area contributed by atoms with Gasteiger partial charge in [0.15, 0.2) is 0 Å². The first kappa shape index (κ1) is 6.81. The summed E-state index contributed by atoms with van der Waals surface area (Å²) in [6.07, 6.45) is 6.39. The van der Waals surface area contributed by atoms with E-state index in [9.17, 15) is 0 Å². The lowest BCUT2D eigenvalue weighted by Crippen LogP contribution is -2.11. The number of rotatable bonds is 1. The Morgan fingerprint density at radius 1 is 1.67 bits per heavy atom. The van der Waals surface area contributed by atoms with Gasteiger partial charge in [0, 0.05) is 7.11 Å². The third-order valence-corrected chi connectivity index (χ3v) is 1.83. The maximum absolute atomic E-state index is 5.19. The zero-order chi connectivity index (χ0) is 6.69. The average Bonchev–Trinajstić information content (AvgIpc) is 1.88. The smallest absolute Gasteiger partial charge is 0.0754 e. The first-order valence-electron chi connectivity index (χ1n) is 3.53. The van der Waals surface area contributed by atoms with E-state index in [1.54, 1.807) is 7.11 Å². The predicted molar refractivity (Wildman–Crippen MR) is 38.4 cm³/mol. The van der Waals surface area contributed by atoms with E-state index in [2.05, 4.69) is 13.0 Å². The Morgan fingerprint density at radius 2 is 2.44 bits per heavy atom. The topological polar surface area (TPSA) is 9.23 Å². The molecule has 0 N–H and O–H groups in total. The fraction of sp³-hybridized carbons (Fsp3) is 0.750. The van der Waals surface area contributed by atoms with E-state index in [0.717, 1.165) is 0 Å². The molecule has 9 heavy (non-hydrogen) atoms. The Labute approximate surface area is 56.7 Å². The van der Waals surface area contributed by atoms with Crippen molar-refractivity contribution in [2.24, 2.45) is 0 Å². The number of hydrogen-bond donors (Lipinski definition) is 0. The Morgan fingerprint density at radius 3 is 2.89 bits per heavy atom. The van der Waals surface area contributed by atoms with Gasteiger partial charge in [-0.15, -0.1) is 0 Å². The first-order chi connectivity index (χ1) is 4.33. The third kappa shape index (κ3) is 1.83. The van der Waals surface area contributed by atoms with Gasteiger partial charge in [0.05, 0.1) is 6.10 Å². The molecule has 1 nitrogen and oxygen atoms in total. The molecule has 1 aliphatic carbocycles. The van der Waals surface area contributed by atoms with E-state index in [1.807, 2.05) is 0 Å². The van der Waals surface area contributed by atoms with Crippen LogP contribution in [0.3, 0.4) is 0 Å². The summed E-state index contributed by atoms with van der Waals surface area (Å²) >= 11 is 0. The van der Waals surface area contributed by atoms with Gasteiger partial charge < -0.3 is 4.74 Å².